The molecule has 5 nitrogen and oxygen atoms in total. The zero-order valence-electron chi connectivity index (χ0n) is 10.1. The van der Waals surface area contributed by atoms with Crippen molar-refractivity contribution in [1.82, 2.24) is 10.3 Å². The number of carbonyl (C=O) groups excluding carboxylic acids is 1. The Morgan fingerprint density at radius 2 is 1.84 bits per heavy atom. The number of hydrogen-bond acceptors (Lipinski definition) is 3. The minimum absolute atomic E-state index is 0.290. The van der Waals surface area contributed by atoms with Crippen LogP contribution in [0.3, 0.4) is 0 Å². The lowest BCUT2D eigenvalue weighted by molar-refractivity contribution is 0.251. The van der Waals surface area contributed by atoms with Crippen molar-refractivity contribution in [3.63, 3.8) is 0 Å². The summed E-state index contributed by atoms with van der Waals surface area (Å²) < 4.78 is 0. The fourth-order valence-corrected chi connectivity index (χ4v) is 1.49. The summed E-state index contributed by atoms with van der Waals surface area (Å²) in [6.45, 7) is 0.435. The van der Waals surface area contributed by atoms with E-state index in [1.807, 2.05) is 18.2 Å². The van der Waals surface area contributed by atoms with Crippen LogP contribution < -0.4 is 10.6 Å². The van der Waals surface area contributed by atoms with Crippen molar-refractivity contribution in [3.05, 3.63) is 59.9 Å². The molecule has 0 bridgehead atoms. The first kappa shape index (κ1) is 12.6. The monoisotopic (exact) mass is 252 g/mol. The topological polar surface area (TPSA) is 77.8 Å². The average molecular weight is 252 g/mol. The van der Waals surface area contributed by atoms with Gasteiger partial charge in [0.1, 0.15) is 0 Å². The minimum Gasteiger partial charge on any atom is -0.334 e. The van der Waals surface area contributed by atoms with Gasteiger partial charge in [-0.2, -0.15) is 5.26 Å². The van der Waals surface area contributed by atoms with Gasteiger partial charge in [0.25, 0.3) is 0 Å². The number of aromatic nitrogens is 1. The maximum absolute atomic E-state index is 11.6. The third-order valence-corrected chi connectivity index (χ3v) is 2.47. The summed E-state index contributed by atoms with van der Waals surface area (Å²) in [7, 11) is 0. The maximum Gasteiger partial charge on any atom is 0.319 e. The summed E-state index contributed by atoms with van der Waals surface area (Å²) in [6, 6.07) is 12.1. The molecule has 0 unspecified atom stereocenters. The number of urea groups is 1. The molecule has 0 fully saturated rings. The standard InChI is InChI=1S/C14H12N4O/c15-9-11-1-3-13(4-2-11)18-14(19)17-10-12-5-7-16-8-6-12/h1-8H,10H2,(H2,17,18,19). The molecule has 0 radical (unpaired) electrons. The summed E-state index contributed by atoms with van der Waals surface area (Å²) in [5.41, 5.74) is 2.18. The van der Waals surface area contributed by atoms with Crippen molar-refractivity contribution in [2.75, 3.05) is 5.32 Å². The van der Waals surface area contributed by atoms with Gasteiger partial charge in [-0.05, 0) is 42.0 Å². The van der Waals surface area contributed by atoms with Crippen LogP contribution >= 0.6 is 0 Å². The SMILES string of the molecule is N#Cc1ccc(NC(=O)NCc2ccncc2)cc1. The predicted octanol–water partition coefficient (Wildman–Crippen LogP) is 2.27. The number of nitrogens with zero attached hydrogens (tertiary/aromatic N) is 2. The summed E-state index contributed by atoms with van der Waals surface area (Å²) in [5, 5.41) is 14.1. The van der Waals surface area contributed by atoms with Crippen molar-refractivity contribution in [2.45, 2.75) is 6.54 Å². The molecule has 2 rings (SSSR count). The van der Waals surface area contributed by atoms with Gasteiger partial charge in [-0.15, -0.1) is 0 Å². The Labute approximate surface area is 110 Å². The molecule has 0 aliphatic rings. The molecule has 1 heterocycles. The molecular formula is C14H12N4O. The first-order chi connectivity index (χ1) is 9.28. The molecule has 19 heavy (non-hydrogen) atoms. The van der Waals surface area contributed by atoms with Crippen molar-refractivity contribution < 1.29 is 4.79 Å². The van der Waals surface area contributed by atoms with E-state index in [-0.39, 0.29) is 6.03 Å². The van der Waals surface area contributed by atoms with E-state index in [1.165, 1.54) is 0 Å². The largest absolute Gasteiger partial charge is 0.334 e. The Morgan fingerprint density at radius 3 is 2.47 bits per heavy atom. The minimum atomic E-state index is -0.290. The number of nitrogens with one attached hydrogen (secondary N) is 2. The van der Waals surface area contributed by atoms with Gasteiger partial charge >= 0.3 is 6.03 Å². The molecule has 0 aliphatic carbocycles. The average Bonchev–Trinajstić information content (AvgIpc) is 2.47. The van der Waals surface area contributed by atoms with Gasteiger partial charge in [0, 0.05) is 24.6 Å². The summed E-state index contributed by atoms with van der Waals surface area (Å²) >= 11 is 0. The third-order valence-electron chi connectivity index (χ3n) is 2.47. The molecule has 0 saturated heterocycles. The van der Waals surface area contributed by atoms with E-state index in [1.54, 1.807) is 36.7 Å². The van der Waals surface area contributed by atoms with Crippen LogP contribution in [0.15, 0.2) is 48.8 Å². The van der Waals surface area contributed by atoms with Gasteiger partial charge in [-0.1, -0.05) is 0 Å². The molecular weight excluding hydrogens is 240 g/mol. The summed E-state index contributed by atoms with van der Waals surface area (Å²) in [4.78, 5) is 15.5. The van der Waals surface area contributed by atoms with Crippen molar-refractivity contribution in [1.29, 1.82) is 5.26 Å². The molecule has 0 aliphatic heterocycles. The van der Waals surface area contributed by atoms with Crippen LogP contribution in [0.1, 0.15) is 11.1 Å². The second-order valence-corrected chi connectivity index (χ2v) is 3.85. The summed E-state index contributed by atoms with van der Waals surface area (Å²) in [6.07, 6.45) is 3.35. The number of pyridine rings is 1. The third kappa shape index (κ3) is 3.82. The van der Waals surface area contributed by atoms with Crippen molar-refractivity contribution >= 4 is 11.7 Å². The molecule has 0 atom stereocenters. The zero-order chi connectivity index (χ0) is 13.5. The van der Waals surface area contributed by atoms with Gasteiger partial charge in [-0.3, -0.25) is 4.98 Å². The molecule has 0 saturated carbocycles. The lowest BCUT2D eigenvalue weighted by Crippen LogP contribution is -2.28. The summed E-state index contributed by atoms with van der Waals surface area (Å²) in [5.74, 6) is 0. The van der Waals surface area contributed by atoms with E-state index in [2.05, 4.69) is 15.6 Å². The van der Waals surface area contributed by atoms with Crippen LogP contribution in [-0.4, -0.2) is 11.0 Å². The number of anilines is 1. The first-order valence-corrected chi connectivity index (χ1v) is 5.72. The van der Waals surface area contributed by atoms with E-state index in [4.69, 9.17) is 5.26 Å². The van der Waals surface area contributed by atoms with Crippen molar-refractivity contribution in [2.24, 2.45) is 0 Å². The van der Waals surface area contributed by atoms with Crippen molar-refractivity contribution in [3.8, 4) is 6.07 Å². The molecule has 1 aromatic heterocycles. The van der Waals surface area contributed by atoms with E-state index < -0.39 is 0 Å². The highest BCUT2D eigenvalue weighted by molar-refractivity contribution is 5.89. The van der Waals surface area contributed by atoms with Gasteiger partial charge in [0.2, 0.25) is 0 Å². The number of benzene rings is 1. The lowest BCUT2D eigenvalue weighted by atomic mass is 10.2. The normalized spacial score (nSPS) is 9.42. The second kappa shape index (κ2) is 6.17. The molecule has 2 N–H and O–H groups in total. The van der Waals surface area contributed by atoms with Gasteiger partial charge < -0.3 is 10.6 Å². The Kier molecular flexibility index (Phi) is 4.09. The smallest absolute Gasteiger partial charge is 0.319 e. The van der Waals surface area contributed by atoms with E-state index in [0.29, 0.717) is 17.8 Å². The molecule has 5 heteroatoms. The van der Waals surface area contributed by atoms with Crippen LogP contribution in [0.4, 0.5) is 10.5 Å². The molecule has 2 amide bonds. The Balaban J connectivity index is 1.86. The van der Waals surface area contributed by atoms with Crippen LogP contribution in [-0.2, 0) is 6.54 Å². The molecule has 2 aromatic rings. The van der Waals surface area contributed by atoms with E-state index in [0.717, 1.165) is 5.56 Å². The second-order valence-electron chi connectivity index (χ2n) is 3.85. The highest BCUT2D eigenvalue weighted by Gasteiger charge is 2.01. The number of nitriles is 1. The zero-order valence-corrected chi connectivity index (χ0v) is 10.1. The maximum atomic E-state index is 11.6. The quantitative estimate of drug-likeness (QED) is 0.879. The highest BCUT2D eigenvalue weighted by atomic mass is 16.2. The number of carbonyl (C=O) groups is 1. The lowest BCUT2D eigenvalue weighted by Gasteiger charge is -2.07. The van der Waals surface area contributed by atoms with Crippen LogP contribution in [0, 0.1) is 11.3 Å². The predicted molar refractivity (Wildman–Crippen MR) is 71.3 cm³/mol. The fraction of sp³-hybridized carbons (Fsp3) is 0.0714. The van der Waals surface area contributed by atoms with Gasteiger partial charge in [0.05, 0.1) is 11.6 Å². The first-order valence-electron chi connectivity index (χ1n) is 5.72. The van der Waals surface area contributed by atoms with Crippen LogP contribution in [0.2, 0.25) is 0 Å². The molecule has 0 spiro atoms. The van der Waals surface area contributed by atoms with Gasteiger partial charge in [0.15, 0.2) is 0 Å². The Hall–Kier alpha value is -2.87. The van der Waals surface area contributed by atoms with E-state index >= 15 is 0 Å². The number of rotatable bonds is 3. The van der Waals surface area contributed by atoms with Crippen LogP contribution in [0.25, 0.3) is 0 Å². The fourth-order valence-electron chi connectivity index (χ4n) is 1.49. The Bertz CT molecular complexity index is 587. The van der Waals surface area contributed by atoms with Gasteiger partial charge in [-0.25, -0.2) is 4.79 Å². The molecule has 94 valence electrons. The highest BCUT2D eigenvalue weighted by Crippen LogP contribution is 2.08. The Morgan fingerprint density at radius 1 is 1.16 bits per heavy atom. The van der Waals surface area contributed by atoms with Crippen LogP contribution in [0.5, 0.6) is 0 Å². The number of amides is 2. The van der Waals surface area contributed by atoms with E-state index in [9.17, 15) is 4.79 Å². The molecule has 1 aromatic carbocycles. The number of hydrogen-bond donors (Lipinski definition) is 2.